The molecule has 0 aliphatic heterocycles. The van der Waals surface area contributed by atoms with Gasteiger partial charge in [0.2, 0.25) is 0 Å². The maximum atomic E-state index is 13.3. The molecule has 0 saturated carbocycles. The number of hydrogen-bond acceptors (Lipinski definition) is 0. The zero-order chi connectivity index (χ0) is 19.2. The minimum absolute atomic E-state index is 0. The fraction of sp³-hybridized carbons (Fsp3) is 0. The second kappa shape index (κ2) is 9.84. The Morgan fingerprint density at radius 3 is 1.28 bits per heavy atom. The van der Waals surface area contributed by atoms with Crippen LogP contribution in [0.25, 0.3) is 0 Å². The van der Waals surface area contributed by atoms with Crippen molar-refractivity contribution in [2.24, 2.45) is 0 Å². The Labute approximate surface area is 187 Å². The second-order valence-corrected chi connectivity index (χ2v) is 9.54. The Hall–Kier alpha value is -2.46. The van der Waals surface area contributed by atoms with Gasteiger partial charge in [-0.05, 0) is 66.6 Å². The van der Waals surface area contributed by atoms with Crippen molar-refractivity contribution in [2.45, 2.75) is 0 Å². The first kappa shape index (κ1) is 21.3. The molecule has 0 unspecified atom stereocenters. The zero-order valence-electron chi connectivity index (χ0n) is 15.6. The molecule has 0 aliphatic rings. The molecule has 0 aromatic heterocycles. The summed E-state index contributed by atoms with van der Waals surface area (Å²) in [5.41, 5.74) is 4.47. The molecular weight excluding hydrogens is 559 g/mol. The summed E-state index contributed by atoms with van der Waals surface area (Å²) in [6, 6.07) is 37.8. The number of hydrogen-bond donors (Lipinski definition) is 0. The van der Waals surface area contributed by atoms with Gasteiger partial charge in [-0.3, -0.25) is 0 Å². The monoisotopic (exact) mass is 578 g/mol. The Balaban J connectivity index is 0.00000240. The summed E-state index contributed by atoms with van der Waals surface area (Å²) in [4.78, 5) is 0. The molecular formula is C26H19AuFP+. The third-order valence-corrected chi connectivity index (χ3v) is 8.31. The molecule has 4 aromatic carbocycles. The van der Waals surface area contributed by atoms with Crippen LogP contribution in [0.15, 0.2) is 115 Å². The van der Waals surface area contributed by atoms with Gasteiger partial charge in [0, 0.05) is 27.9 Å². The van der Waals surface area contributed by atoms with Crippen LogP contribution in [0.5, 0.6) is 0 Å². The van der Waals surface area contributed by atoms with Gasteiger partial charge in [-0.15, -0.1) is 0 Å². The second-order valence-electron chi connectivity index (χ2n) is 6.42. The molecule has 0 N–H and O–H groups in total. The van der Waals surface area contributed by atoms with Gasteiger partial charge >= 0.3 is 0 Å². The van der Waals surface area contributed by atoms with E-state index in [1.54, 1.807) is 12.1 Å². The third kappa shape index (κ3) is 4.59. The summed E-state index contributed by atoms with van der Waals surface area (Å²) < 4.78 is 13.3. The molecule has 0 spiro atoms. The molecule has 4 rings (SSSR count). The van der Waals surface area contributed by atoms with E-state index in [1.165, 1.54) is 28.0 Å². The first-order valence-electron chi connectivity index (χ1n) is 9.14. The molecule has 3 heteroatoms. The van der Waals surface area contributed by atoms with Gasteiger partial charge in [-0.2, -0.15) is 0 Å². The van der Waals surface area contributed by atoms with Gasteiger partial charge in [0.05, 0.1) is 5.66 Å². The van der Waals surface area contributed by atoms with Crippen molar-refractivity contribution in [2.75, 3.05) is 0 Å². The molecule has 0 atom stereocenters. The summed E-state index contributed by atoms with van der Waals surface area (Å²) in [6.07, 6.45) is 0. The van der Waals surface area contributed by atoms with Crippen molar-refractivity contribution < 1.29 is 26.8 Å². The van der Waals surface area contributed by atoms with Gasteiger partial charge in [0.25, 0.3) is 0 Å². The van der Waals surface area contributed by atoms with E-state index in [4.69, 9.17) is 0 Å². The molecule has 1 radical (unpaired) electrons. The van der Waals surface area contributed by atoms with E-state index in [0.29, 0.717) is 0 Å². The number of rotatable bonds is 3. The van der Waals surface area contributed by atoms with Gasteiger partial charge in [0.1, 0.15) is 21.7 Å². The van der Waals surface area contributed by atoms with E-state index in [1.807, 2.05) is 18.2 Å². The number of benzene rings is 4. The average molecular weight is 578 g/mol. The fourth-order valence-corrected chi connectivity index (χ4v) is 6.71. The van der Waals surface area contributed by atoms with Crippen LogP contribution in [0.4, 0.5) is 4.39 Å². The van der Waals surface area contributed by atoms with Gasteiger partial charge in [0.15, 0.2) is 7.26 Å². The van der Waals surface area contributed by atoms with Crippen LogP contribution in [-0.4, -0.2) is 0 Å². The van der Waals surface area contributed by atoms with Crippen LogP contribution >= 0.6 is 7.26 Å². The largest absolute Gasteiger partial charge is 0.207 e. The minimum atomic E-state index is -2.19. The molecule has 0 aliphatic carbocycles. The molecule has 0 bridgehead atoms. The smallest absolute Gasteiger partial charge is 0.189 e. The first-order valence-corrected chi connectivity index (χ1v) is 10.9. The summed E-state index contributed by atoms with van der Waals surface area (Å²) in [6.45, 7) is 0. The van der Waals surface area contributed by atoms with Crippen LogP contribution in [0.3, 0.4) is 0 Å². The predicted molar refractivity (Wildman–Crippen MR) is 118 cm³/mol. The summed E-state index contributed by atoms with van der Waals surface area (Å²) in [7, 11) is -2.19. The van der Waals surface area contributed by atoms with Crippen molar-refractivity contribution in [1.29, 1.82) is 0 Å². The number of halogens is 1. The van der Waals surface area contributed by atoms with Gasteiger partial charge in [-0.1, -0.05) is 54.6 Å². The first-order chi connectivity index (χ1) is 13.8. The van der Waals surface area contributed by atoms with Crippen molar-refractivity contribution in [3.63, 3.8) is 0 Å². The molecule has 0 nitrogen and oxygen atoms in total. The molecule has 0 saturated heterocycles. The SMILES string of the molecule is Fc1ccc(C#C[P+](c2ccccc2)(c2ccccc2)c2ccccc2)cc1.[Au]. The molecule has 4 aromatic rings. The maximum absolute atomic E-state index is 13.3. The van der Waals surface area contributed by atoms with Crippen LogP contribution in [0.2, 0.25) is 0 Å². The zero-order valence-corrected chi connectivity index (χ0v) is 18.7. The van der Waals surface area contributed by atoms with Crippen LogP contribution < -0.4 is 15.9 Å². The van der Waals surface area contributed by atoms with Crippen molar-refractivity contribution in [1.82, 2.24) is 0 Å². The topological polar surface area (TPSA) is 0 Å². The van der Waals surface area contributed by atoms with E-state index >= 15 is 0 Å². The molecule has 29 heavy (non-hydrogen) atoms. The molecule has 145 valence electrons. The Morgan fingerprint density at radius 1 is 0.517 bits per heavy atom. The Morgan fingerprint density at radius 2 is 0.897 bits per heavy atom. The molecule has 0 fully saturated rings. The van der Waals surface area contributed by atoms with E-state index in [9.17, 15) is 4.39 Å². The van der Waals surface area contributed by atoms with E-state index in [2.05, 4.69) is 84.4 Å². The normalized spacial score (nSPS) is 10.4. The molecule has 0 amide bonds. The van der Waals surface area contributed by atoms with Crippen molar-refractivity contribution in [3.05, 3.63) is 127 Å². The summed E-state index contributed by atoms with van der Waals surface area (Å²) in [5.74, 6) is 3.09. The van der Waals surface area contributed by atoms with Crippen LogP contribution in [0.1, 0.15) is 5.56 Å². The predicted octanol–water partition coefficient (Wildman–Crippen LogP) is 5.13. The van der Waals surface area contributed by atoms with Gasteiger partial charge in [-0.25, -0.2) is 4.39 Å². The summed E-state index contributed by atoms with van der Waals surface area (Å²) >= 11 is 0. The third-order valence-electron chi connectivity index (χ3n) is 4.64. The fourth-order valence-electron chi connectivity index (χ4n) is 3.28. The quantitative estimate of drug-likeness (QED) is 0.180. The van der Waals surface area contributed by atoms with E-state index < -0.39 is 7.26 Å². The maximum Gasteiger partial charge on any atom is 0.189 e. The minimum Gasteiger partial charge on any atom is -0.207 e. The van der Waals surface area contributed by atoms with E-state index in [0.717, 1.165) is 5.56 Å². The van der Waals surface area contributed by atoms with Gasteiger partial charge < -0.3 is 0 Å². The summed E-state index contributed by atoms with van der Waals surface area (Å²) in [5, 5.41) is 3.63. The standard InChI is InChI=1S/C26H19FP.Au/c27-23-18-16-22(17-19-23)20-21-28(24-10-4-1-5-11-24,25-12-6-2-7-13-25)26-14-8-3-9-15-26;/h1-19H;/q+1;. The Bertz CT molecular complexity index is 1000. The van der Waals surface area contributed by atoms with Crippen LogP contribution in [-0.2, 0) is 22.4 Å². The van der Waals surface area contributed by atoms with E-state index in [-0.39, 0.29) is 28.2 Å². The van der Waals surface area contributed by atoms with Crippen molar-refractivity contribution in [3.8, 4) is 11.6 Å². The average Bonchev–Trinajstić information content (AvgIpc) is 2.78. The van der Waals surface area contributed by atoms with Crippen molar-refractivity contribution >= 4 is 23.2 Å². The van der Waals surface area contributed by atoms with Crippen LogP contribution in [0, 0.1) is 17.4 Å². The molecule has 0 heterocycles. The Kier molecular flexibility index (Phi) is 7.21.